The van der Waals surface area contributed by atoms with Crippen LogP contribution in [0.5, 0.6) is 5.75 Å². The van der Waals surface area contributed by atoms with Crippen LogP contribution in [0.4, 0.5) is 0 Å². The van der Waals surface area contributed by atoms with E-state index >= 15 is 0 Å². The van der Waals surface area contributed by atoms with Gasteiger partial charge < -0.3 is 10.4 Å². The molecule has 1 aromatic rings. The van der Waals surface area contributed by atoms with Gasteiger partial charge in [-0.2, -0.15) is 0 Å². The Balaban J connectivity index is 2.25. The molecular weight excluding hydrogens is 226 g/mol. The van der Waals surface area contributed by atoms with Crippen LogP contribution in [0.3, 0.4) is 0 Å². The van der Waals surface area contributed by atoms with Gasteiger partial charge in [-0.25, -0.2) is 0 Å². The van der Waals surface area contributed by atoms with Crippen LogP contribution < -0.4 is 5.32 Å². The first-order chi connectivity index (χ1) is 8.49. The van der Waals surface area contributed by atoms with Crippen LogP contribution in [0.2, 0.25) is 0 Å². The van der Waals surface area contributed by atoms with E-state index in [1.807, 2.05) is 12.1 Å². The Kier molecular flexibility index (Phi) is 5.69. The number of carbonyl (C=O) groups is 1. The molecular formula is C15H23NO2. The minimum absolute atomic E-state index is 0.120. The van der Waals surface area contributed by atoms with Crippen molar-refractivity contribution in [2.75, 3.05) is 6.54 Å². The molecule has 1 atom stereocenters. The summed E-state index contributed by atoms with van der Waals surface area (Å²) < 4.78 is 0. The molecule has 3 nitrogen and oxygen atoms in total. The van der Waals surface area contributed by atoms with Gasteiger partial charge in [0.05, 0.1) is 0 Å². The zero-order chi connectivity index (χ0) is 13.5. The number of hydrogen-bond donors (Lipinski definition) is 2. The third kappa shape index (κ3) is 5.21. The van der Waals surface area contributed by atoms with E-state index in [4.69, 9.17) is 5.11 Å². The monoisotopic (exact) mass is 249 g/mol. The third-order valence-corrected chi connectivity index (χ3v) is 3.32. The number of benzene rings is 1. The molecule has 0 fully saturated rings. The van der Waals surface area contributed by atoms with Crippen molar-refractivity contribution in [3.63, 3.8) is 0 Å². The maximum Gasteiger partial charge on any atom is 0.220 e. The summed E-state index contributed by atoms with van der Waals surface area (Å²) in [4.78, 5) is 11.7. The molecule has 0 saturated carbocycles. The highest BCUT2D eigenvalue weighted by atomic mass is 16.3. The lowest BCUT2D eigenvalue weighted by Gasteiger charge is -2.14. The molecule has 1 rings (SSSR count). The molecule has 1 amide bonds. The molecule has 0 radical (unpaired) electrons. The second-order valence-electron chi connectivity index (χ2n) is 5.19. The summed E-state index contributed by atoms with van der Waals surface area (Å²) in [5, 5.41) is 12.1. The van der Waals surface area contributed by atoms with Gasteiger partial charge in [0.15, 0.2) is 0 Å². The summed E-state index contributed by atoms with van der Waals surface area (Å²) in [5.74, 6) is 1.34. The summed E-state index contributed by atoms with van der Waals surface area (Å²) in [6.07, 6.45) is 1.38. The first kappa shape index (κ1) is 14.6. The molecule has 0 aliphatic rings. The standard InChI is InChI=1S/C15H23NO2/c1-11(2)12(3)10-15(18)16-9-8-13-4-6-14(17)7-5-13/h4-7,11-12,17H,8-10H2,1-3H3,(H,16,18). The van der Waals surface area contributed by atoms with E-state index < -0.39 is 0 Å². The molecule has 0 saturated heterocycles. The number of amides is 1. The lowest BCUT2D eigenvalue weighted by Crippen LogP contribution is -2.28. The molecule has 2 N–H and O–H groups in total. The Bertz CT molecular complexity index is 371. The van der Waals surface area contributed by atoms with Crippen LogP contribution in [0, 0.1) is 11.8 Å². The molecule has 18 heavy (non-hydrogen) atoms. The minimum atomic E-state index is 0.120. The number of rotatable bonds is 6. The highest BCUT2D eigenvalue weighted by Gasteiger charge is 2.11. The number of carbonyl (C=O) groups excluding carboxylic acids is 1. The molecule has 0 aromatic heterocycles. The zero-order valence-corrected chi connectivity index (χ0v) is 11.4. The van der Waals surface area contributed by atoms with Gasteiger partial charge >= 0.3 is 0 Å². The number of nitrogens with one attached hydrogen (secondary N) is 1. The van der Waals surface area contributed by atoms with Crippen molar-refractivity contribution < 1.29 is 9.90 Å². The Labute approximate surface area is 109 Å². The molecule has 0 bridgehead atoms. The van der Waals surface area contributed by atoms with Gasteiger partial charge in [0.25, 0.3) is 0 Å². The maximum absolute atomic E-state index is 11.7. The van der Waals surface area contributed by atoms with Crippen LogP contribution in [-0.4, -0.2) is 17.6 Å². The smallest absolute Gasteiger partial charge is 0.220 e. The number of phenols is 1. The van der Waals surface area contributed by atoms with Crippen LogP contribution in [-0.2, 0) is 11.2 Å². The molecule has 3 heteroatoms. The molecule has 1 aromatic carbocycles. The van der Waals surface area contributed by atoms with E-state index in [1.165, 1.54) is 0 Å². The van der Waals surface area contributed by atoms with Crippen molar-refractivity contribution in [3.05, 3.63) is 29.8 Å². The van der Waals surface area contributed by atoms with Gasteiger partial charge in [0, 0.05) is 13.0 Å². The van der Waals surface area contributed by atoms with E-state index in [0.29, 0.717) is 24.8 Å². The lowest BCUT2D eigenvalue weighted by atomic mass is 9.94. The van der Waals surface area contributed by atoms with Gasteiger partial charge in [-0.3, -0.25) is 4.79 Å². The quantitative estimate of drug-likeness (QED) is 0.814. The van der Waals surface area contributed by atoms with Crippen molar-refractivity contribution in [2.24, 2.45) is 11.8 Å². The zero-order valence-electron chi connectivity index (χ0n) is 11.4. The van der Waals surface area contributed by atoms with Gasteiger partial charge in [-0.05, 0) is 36.0 Å². The average molecular weight is 249 g/mol. The highest BCUT2D eigenvalue weighted by Crippen LogP contribution is 2.13. The molecule has 0 spiro atoms. The Morgan fingerprint density at radius 2 is 1.83 bits per heavy atom. The van der Waals surface area contributed by atoms with Gasteiger partial charge in [-0.1, -0.05) is 32.9 Å². The lowest BCUT2D eigenvalue weighted by molar-refractivity contribution is -0.122. The van der Waals surface area contributed by atoms with Crippen LogP contribution >= 0.6 is 0 Å². The molecule has 100 valence electrons. The molecule has 0 heterocycles. The van der Waals surface area contributed by atoms with Gasteiger partial charge in [0.1, 0.15) is 5.75 Å². The first-order valence-electron chi connectivity index (χ1n) is 6.53. The van der Waals surface area contributed by atoms with Crippen molar-refractivity contribution in [2.45, 2.75) is 33.6 Å². The van der Waals surface area contributed by atoms with E-state index in [1.54, 1.807) is 12.1 Å². The van der Waals surface area contributed by atoms with E-state index in [0.717, 1.165) is 12.0 Å². The van der Waals surface area contributed by atoms with Crippen molar-refractivity contribution in [1.82, 2.24) is 5.32 Å². The van der Waals surface area contributed by atoms with E-state index in [-0.39, 0.29) is 11.7 Å². The number of hydrogen-bond acceptors (Lipinski definition) is 2. The van der Waals surface area contributed by atoms with Crippen LogP contribution in [0.1, 0.15) is 32.8 Å². The summed E-state index contributed by atoms with van der Waals surface area (Å²) in [7, 11) is 0. The number of phenolic OH excluding ortho intramolecular Hbond substituents is 1. The normalized spacial score (nSPS) is 12.4. The largest absolute Gasteiger partial charge is 0.508 e. The van der Waals surface area contributed by atoms with E-state index in [2.05, 4.69) is 26.1 Å². The number of aromatic hydroxyl groups is 1. The van der Waals surface area contributed by atoms with Crippen LogP contribution in [0.25, 0.3) is 0 Å². The first-order valence-corrected chi connectivity index (χ1v) is 6.53. The predicted molar refractivity (Wildman–Crippen MR) is 73.4 cm³/mol. The fraction of sp³-hybridized carbons (Fsp3) is 0.533. The van der Waals surface area contributed by atoms with Crippen molar-refractivity contribution in [1.29, 1.82) is 0 Å². The SMILES string of the molecule is CC(C)C(C)CC(=O)NCCc1ccc(O)cc1. The summed E-state index contributed by atoms with van der Waals surface area (Å²) in [6.45, 7) is 7.02. The fourth-order valence-corrected chi connectivity index (χ4v) is 1.61. The summed E-state index contributed by atoms with van der Waals surface area (Å²) in [5.41, 5.74) is 1.12. The topological polar surface area (TPSA) is 49.3 Å². The summed E-state index contributed by atoms with van der Waals surface area (Å²) in [6, 6.07) is 7.08. The highest BCUT2D eigenvalue weighted by molar-refractivity contribution is 5.76. The second kappa shape index (κ2) is 7.04. The summed E-state index contributed by atoms with van der Waals surface area (Å²) >= 11 is 0. The Morgan fingerprint density at radius 3 is 2.39 bits per heavy atom. The van der Waals surface area contributed by atoms with Gasteiger partial charge in [-0.15, -0.1) is 0 Å². The minimum Gasteiger partial charge on any atom is -0.508 e. The van der Waals surface area contributed by atoms with Gasteiger partial charge in [0.2, 0.25) is 5.91 Å². The maximum atomic E-state index is 11.7. The van der Waals surface area contributed by atoms with Crippen molar-refractivity contribution in [3.8, 4) is 5.75 Å². The van der Waals surface area contributed by atoms with Crippen LogP contribution in [0.15, 0.2) is 24.3 Å². The predicted octanol–water partition coefficient (Wildman–Crippen LogP) is 2.73. The van der Waals surface area contributed by atoms with E-state index in [9.17, 15) is 4.79 Å². The molecule has 1 unspecified atom stereocenters. The Hall–Kier alpha value is -1.51. The fourth-order valence-electron chi connectivity index (χ4n) is 1.61. The Morgan fingerprint density at radius 1 is 1.22 bits per heavy atom. The second-order valence-corrected chi connectivity index (χ2v) is 5.19. The molecule has 0 aliphatic heterocycles. The van der Waals surface area contributed by atoms with Crippen molar-refractivity contribution >= 4 is 5.91 Å². The third-order valence-electron chi connectivity index (χ3n) is 3.32. The molecule has 0 aliphatic carbocycles. The average Bonchev–Trinajstić information content (AvgIpc) is 2.31.